The summed E-state index contributed by atoms with van der Waals surface area (Å²) in [4.78, 5) is 15.9. The molecule has 1 aromatic heterocycles. The number of alkyl halides is 1. The number of halogens is 1. The second-order valence-corrected chi connectivity index (χ2v) is 3.73. The van der Waals surface area contributed by atoms with E-state index in [4.69, 9.17) is 16.3 Å². The van der Waals surface area contributed by atoms with Crippen molar-refractivity contribution in [2.75, 3.05) is 19.6 Å². The molecule has 0 radical (unpaired) electrons. The third-order valence-electron chi connectivity index (χ3n) is 2.14. The highest BCUT2D eigenvalue weighted by Crippen LogP contribution is 2.04. The Bertz CT molecular complexity index is 358. The number of carbonyl (C=O) groups is 1. The summed E-state index contributed by atoms with van der Waals surface area (Å²) in [6, 6.07) is 3.28. The average molecular weight is 243 g/mol. The van der Waals surface area contributed by atoms with Crippen molar-refractivity contribution >= 4 is 17.5 Å². The maximum Gasteiger partial charge on any atom is 0.253 e. The lowest BCUT2D eigenvalue weighted by Crippen LogP contribution is -2.39. The summed E-state index contributed by atoms with van der Waals surface area (Å²) in [5.74, 6) is 0.145. The summed E-state index contributed by atoms with van der Waals surface area (Å²) < 4.78 is 4.95. The molecule has 0 aliphatic carbocycles. The number of aryl methyl sites for hydroxylation is 1. The van der Waals surface area contributed by atoms with Crippen LogP contribution < -0.4 is 5.32 Å². The van der Waals surface area contributed by atoms with Crippen molar-refractivity contribution in [3.8, 4) is 0 Å². The number of carbonyl (C=O) groups excluding carboxylic acids is 1. The molecular weight excluding hydrogens is 228 g/mol. The molecule has 0 fully saturated rings. The number of amides is 1. The smallest absolute Gasteiger partial charge is 0.253 e. The third-order valence-corrected chi connectivity index (χ3v) is 2.51. The molecule has 1 amide bonds. The van der Waals surface area contributed by atoms with Gasteiger partial charge in [0.25, 0.3) is 5.91 Å². The van der Waals surface area contributed by atoms with Gasteiger partial charge in [-0.05, 0) is 19.1 Å². The summed E-state index contributed by atoms with van der Waals surface area (Å²) in [5.41, 5.74) is 1.26. The van der Waals surface area contributed by atoms with Gasteiger partial charge in [-0.1, -0.05) is 0 Å². The second-order valence-electron chi connectivity index (χ2n) is 3.42. The Morgan fingerprint density at radius 1 is 1.69 bits per heavy atom. The monoisotopic (exact) mass is 242 g/mol. The van der Waals surface area contributed by atoms with E-state index >= 15 is 0 Å². The van der Waals surface area contributed by atoms with Crippen molar-refractivity contribution in [3.63, 3.8) is 0 Å². The van der Waals surface area contributed by atoms with Crippen LogP contribution in [0.1, 0.15) is 16.1 Å². The molecule has 1 heterocycles. The number of nitrogens with one attached hydrogen (secondary N) is 1. The number of ether oxygens (including phenoxy) is 1. The lowest BCUT2D eigenvalue weighted by Gasteiger charge is -2.15. The van der Waals surface area contributed by atoms with E-state index in [-0.39, 0.29) is 11.9 Å². The molecule has 1 atom stereocenters. The maximum absolute atomic E-state index is 11.8. The van der Waals surface area contributed by atoms with E-state index in [2.05, 4.69) is 10.3 Å². The van der Waals surface area contributed by atoms with Crippen LogP contribution in [0.25, 0.3) is 0 Å². The molecule has 0 aromatic carbocycles. The zero-order valence-electron chi connectivity index (χ0n) is 9.37. The molecule has 0 aliphatic heterocycles. The van der Waals surface area contributed by atoms with E-state index in [0.717, 1.165) is 0 Å². The molecule has 5 heteroatoms. The van der Waals surface area contributed by atoms with Crippen molar-refractivity contribution < 1.29 is 9.53 Å². The molecule has 1 aromatic rings. The van der Waals surface area contributed by atoms with Crippen molar-refractivity contribution in [1.29, 1.82) is 0 Å². The second kappa shape index (κ2) is 6.45. The van der Waals surface area contributed by atoms with Crippen LogP contribution in [0, 0.1) is 6.92 Å². The normalized spacial score (nSPS) is 12.2. The Balaban J connectivity index is 2.68. The molecule has 1 N–H and O–H groups in total. The van der Waals surface area contributed by atoms with Crippen LogP contribution in [-0.4, -0.2) is 36.5 Å². The van der Waals surface area contributed by atoms with Crippen molar-refractivity contribution in [2.24, 2.45) is 0 Å². The maximum atomic E-state index is 11.8. The van der Waals surface area contributed by atoms with Crippen molar-refractivity contribution in [2.45, 2.75) is 13.0 Å². The van der Waals surface area contributed by atoms with Crippen LogP contribution in [0.15, 0.2) is 18.3 Å². The van der Waals surface area contributed by atoms with Gasteiger partial charge in [-0.15, -0.1) is 11.6 Å². The van der Waals surface area contributed by atoms with Gasteiger partial charge in [0.05, 0.1) is 18.2 Å². The molecule has 0 bridgehead atoms. The summed E-state index contributed by atoms with van der Waals surface area (Å²) >= 11 is 5.71. The highest BCUT2D eigenvalue weighted by molar-refractivity contribution is 6.18. The van der Waals surface area contributed by atoms with Crippen LogP contribution in [0.2, 0.25) is 0 Å². The summed E-state index contributed by atoms with van der Waals surface area (Å²) in [6.45, 7) is 2.19. The van der Waals surface area contributed by atoms with Gasteiger partial charge in [-0.3, -0.25) is 9.78 Å². The van der Waals surface area contributed by atoms with Gasteiger partial charge in [-0.25, -0.2) is 0 Å². The van der Waals surface area contributed by atoms with E-state index in [9.17, 15) is 4.79 Å². The molecule has 0 saturated heterocycles. The van der Waals surface area contributed by atoms with Crippen LogP contribution in [0.4, 0.5) is 0 Å². The molecule has 88 valence electrons. The van der Waals surface area contributed by atoms with Gasteiger partial charge in [0.1, 0.15) is 0 Å². The largest absolute Gasteiger partial charge is 0.383 e. The molecule has 1 rings (SSSR count). The first-order chi connectivity index (χ1) is 7.69. The lowest BCUT2D eigenvalue weighted by atomic mass is 10.2. The van der Waals surface area contributed by atoms with Gasteiger partial charge in [0.2, 0.25) is 0 Å². The number of nitrogens with zero attached hydrogens (tertiary/aromatic N) is 1. The molecule has 16 heavy (non-hydrogen) atoms. The third kappa shape index (κ3) is 3.47. The summed E-state index contributed by atoms with van der Waals surface area (Å²) in [5, 5.41) is 2.79. The highest BCUT2D eigenvalue weighted by Gasteiger charge is 2.14. The predicted octanol–water partition coefficient (Wildman–Crippen LogP) is 1.37. The van der Waals surface area contributed by atoms with Crippen LogP contribution in [0.3, 0.4) is 0 Å². The molecule has 0 spiro atoms. The zero-order valence-corrected chi connectivity index (χ0v) is 10.1. The van der Waals surface area contributed by atoms with Gasteiger partial charge in [0, 0.05) is 24.9 Å². The Morgan fingerprint density at radius 2 is 2.44 bits per heavy atom. The van der Waals surface area contributed by atoms with Crippen LogP contribution in [-0.2, 0) is 4.74 Å². The molecule has 0 aliphatic rings. The topological polar surface area (TPSA) is 51.2 Å². The minimum absolute atomic E-state index is 0.173. The van der Waals surface area contributed by atoms with E-state index in [1.807, 2.05) is 0 Å². The SMILES string of the molecule is COCC(CCl)NC(=O)c1cccnc1C. The fraction of sp³-hybridized carbons (Fsp3) is 0.455. The van der Waals surface area contributed by atoms with Gasteiger partial charge in [0.15, 0.2) is 0 Å². The first-order valence-corrected chi connectivity index (χ1v) is 5.50. The molecule has 1 unspecified atom stereocenters. The Labute approximate surface area is 100.0 Å². The van der Waals surface area contributed by atoms with Gasteiger partial charge in [-0.2, -0.15) is 0 Å². The number of hydrogen-bond donors (Lipinski definition) is 1. The Hall–Kier alpha value is -1.13. The quantitative estimate of drug-likeness (QED) is 0.794. The zero-order chi connectivity index (χ0) is 12.0. The highest BCUT2D eigenvalue weighted by atomic mass is 35.5. The fourth-order valence-electron chi connectivity index (χ4n) is 1.31. The predicted molar refractivity (Wildman–Crippen MR) is 62.8 cm³/mol. The van der Waals surface area contributed by atoms with Gasteiger partial charge < -0.3 is 10.1 Å². The minimum Gasteiger partial charge on any atom is -0.383 e. The Kier molecular flexibility index (Phi) is 5.22. The molecular formula is C11H15ClN2O2. The average Bonchev–Trinajstić information content (AvgIpc) is 2.28. The van der Waals surface area contributed by atoms with E-state index in [0.29, 0.717) is 23.7 Å². The molecule has 0 saturated carbocycles. The number of aromatic nitrogens is 1. The van der Waals surface area contributed by atoms with E-state index < -0.39 is 0 Å². The van der Waals surface area contributed by atoms with E-state index in [1.54, 1.807) is 32.4 Å². The first kappa shape index (κ1) is 12.9. The first-order valence-electron chi connectivity index (χ1n) is 4.96. The van der Waals surface area contributed by atoms with Crippen LogP contribution in [0.5, 0.6) is 0 Å². The van der Waals surface area contributed by atoms with E-state index in [1.165, 1.54) is 0 Å². The number of rotatable bonds is 5. The molecule has 4 nitrogen and oxygen atoms in total. The minimum atomic E-state index is -0.182. The van der Waals surface area contributed by atoms with Crippen molar-refractivity contribution in [1.82, 2.24) is 10.3 Å². The standard InChI is InChI=1S/C11H15ClN2O2/c1-8-10(4-3-5-13-8)11(15)14-9(6-12)7-16-2/h3-5,9H,6-7H2,1-2H3,(H,14,15). The lowest BCUT2D eigenvalue weighted by molar-refractivity contribution is 0.0906. The number of hydrogen-bond acceptors (Lipinski definition) is 3. The Morgan fingerprint density at radius 3 is 3.00 bits per heavy atom. The number of methoxy groups -OCH3 is 1. The summed E-state index contributed by atoms with van der Waals surface area (Å²) in [7, 11) is 1.57. The van der Waals surface area contributed by atoms with Crippen molar-refractivity contribution in [3.05, 3.63) is 29.6 Å². The number of pyridine rings is 1. The van der Waals surface area contributed by atoms with Gasteiger partial charge >= 0.3 is 0 Å². The van der Waals surface area contributed by atoms with Crippen LogP contribution >= 0.6 is 11.6 Å². The summed E-state index contributed by atoms with van der Waals surface area (Å²) in [6.07, 6.45) is 1.65. The fourth-order valence-corrected chi connectivity index (χ4v) is 1.48.